The van der Waals surface area contributed by atoms with Crippen LogP contribution in [-0.2, 0) is 4.79 Å². The van der Waals surface area contributed by atoms with Crippen molar-refractivity contribution in [3.63, 3.8) is 0 Å². The van der Waals surface area contributed by atoms with E-state index < -0.39 is 12.8 Å². The van der Waals surface area contributed by atoms with Gasteiger partial charge in [-0.05, 0) is 50.2 Å². The van der Waals surface area contributed by atoms with E-state index in [-0.39, 0.29) is 36.0 Å². The average Bonchev–Trinajstić information content (AvgIpc) is 3.08. The van der Waals surface area contributed by atoms with Gasteiger partial charge in [0.25, 0.3) is 0 Å². The molecule has 0 spiro atoms. The lowest BCUT2D eigenvalue weighted by Gasteiger charge is -2.27. The van der Waals surface area contributed by atoms with Crippen LogP contribution < -0.4 is 15.8 Å². The maximum Gasteiger partial charge on any atom is 0.422 e. The van der Waals surface area contributed by atoms with Gasteiger partial charge in [0.2, 0.25) is 5.91 Å². The largest absolute Gasteiger partial charge is 0.484 e. The molecular weight excluding hydrogens is 357 g/mol. The standard InChI is InChI=1S/C17H21F3N2O2.ClH/c1-9-12(3-2-4-13(9)24-8-17(18,19)20)22-16(23)14-10-5-6-11(7-10)15(14)21;/h2-4,10-11,14-15H,5-8,21H2,1H3,(H,22,23);1H. The highest BCUT2D eigenvalue weighted by Gasteiger charge is 2.49. The fourth-order valence-electron chi connectivity index (χ4n) is 4.01. The van der Waals surface area contributed by atoms with Gasteiger partial charge in [-0.2, -0.15) is 13.2 Å². The van der Waals surface area contributed by atoms with Gasteiger partial charge in [-0.25, -0.2) is 0 Å². The highest BCUT2D eigenvalue weighted by atomic mass is 35.5. The number of halogens is 4. The second kappa shape index (κ2) is 7.41. The van der Waals surface area contributed by atoms with Gasteiger partial charge in [-0.3, -0.25) is 4.79 Å². The Bertz CT molecular complexity index is 637. The van der Waals surface area contributed by atoms with Crippen LogP contribution in [0.2, 0.25) is 0 Å². The molecule has 3 rings (SSSR count). The highest BCUT2D eigenvalue weighted by Crippen LogP contribution is 2.48. The van der Waals surface area contributed by atoms with Crippen molar-refractivity contribution in [2.75, 3.05) is 11.9 Å². The Morgan fingerprint density at radius 2 is 2.00 bits per heavy atom. The van der Waals surface area contributed by atoms with Gasteiger partial charge < -0.3 is 15.8 Å². The van der Waals surface area contributed by atoms with Crippen molar-refractivity contribution in [1.82, 2.24) is 0 Å². The number of nitrogens with one attached hydrogen (secondary N) is 1. The molecule has 0 aromatic heterocycles. The van der Waals surface area contributed by atoms with Crippen molar-refractivity contribution < 1.29 is 22.7 Å². The second-order valence-electron chi connectivity index (χ2n) is 6.76. The SMILES string of the molecule is Cc1c(NC(=O)C2C3CCC(C3)C2N)cccc1OCC(F)(F)F.Cl. The normalized spacial score (nSPS) is 27.7. The summed E-state index contributed by atoms with van der Waals surface area (Å²) >= 11 is 0. The lowest BCUT2D eigenvalue weighted by atomic mass is 9.84. The number of anilines is 1. The molecule has 1 amide bonds. The summed E-state index contributed by atoms with van der Waals surface area (Å²) in [5, 5.41) is 2.82. The van der Waals surface area contributed by atoms with E-state index >= 15 is 0 Å². The third kappa shape index (κ3) is 4.20. The lowest BCUT2D eigenvalue weighted by molar-refractivity contribution is -0.153. The number of ether oxygens (including phenoxy) is 1. The molecule has 2 aliphatic rings. The molecule has 1 aromatic rings. The number of nitrogens with two attached hydrogens (primary N) is 1. The molecule has 0 aliphatic heterocycles. The van der Waals surface area contributed by atoms with Crippen LogP contribution in [0.3, 0.4) is 0 Å². The number of carbonyl (C=O) groups excluding carboxylic acids is 1. The van der Waals surface area contributed by atoms with Crippen LogP contribution in [-0.4, -0.2) is 24.7 Å². The zero-order chi connectivity index (χ0) is 17.5. The molecule has 0 heterocycles. The van der Waals surface area contributed by atoms with Crippen molar-refractivity contribution in [2.24, 2.45) is 23.5 Å². The molecule has 8 heteroatoms. The summed E-state index contributed by atoms with van der Waals surface area (Å²) in [7, 11) is 0. The van der Waals surface area contributed by atoms with E-state index in [2.05, 4.69) is 5.32 Å². The predicted molar refractivity (Wildman–Crippen MR) is 90.9 cm³/mol. The number of amides is 1. The van der Waals surface area contributed by atoms with Crippen LogP contribution in [0.25, 0.3) is 0 Å². The molecule has 3 N–H and O–H groups in total. The van der Waals surface area contributed by atoms with E-state index in [9.17, 15) is 18.0 Å². The zero-order valence-corrected chi connectivity index (χ0v) is 14.6. The fraction of sp³-hybridized carbons (Fsp3) is 0.588. The summed E-state index contributed by atoms with van der Waals surface area (Å²) in [5.41, 5.74) is 7.12. The summed E-state index contributed by atoms with van der Waals surface area (Å²) < 4.78 is 41.7. The summed E-state index contributed by atoms with van der Waals surface area (Å²) in [6, 6.07) is 4.55. The van der Waals surface area contributed by atoms with Crippen LogP contribution in [0.1, 0.15) is 24.8 Å². The molecule has 2 aliphatic carbocycles. The van der Waals surface area contributed by atoms with Gasteiger partial charge in [0.05, 0.1) is 5.92 Å². The fourth-order valence-corrected chi connectivity index (χ4v) is 4.01. The molecule has 4 nitrogen and oxygen atoms in total. The minimum absolute atomic E-state index is 0. The van der Waals surface area contributed by atoms with E-state index in [0.29, 0.717) is 23.1 Å². The first-order chi connectivity index (χ1) is 11.3. The third-order valence-electron chi connectivity index (χ3n) is 5.22. The molecule has 2 fully saturated rings. The Balaban J connectivity index is 0.00000225. The van der Waals surface area contributed by atoms with Crippen molar-refractivity contribution in [3.05, 3.63) is 23.8 Å². The summed E-state index contributed by atoms with van der Waals surface area (Å²) in [4.78, 5) is 12.6. The van der Waals surface area contributed by atoms with Gasteiger partial charge in [-0.1, -0.05) is 6.07 Å². The van der Waals surface area contributed by atoms with E-state index in [0.717, 1.165) is 19.3 Å². The van der Waals surface area contributed by atoms with Crippen LogP contribution in [0.5, 0.6) is 5.75 Å². The summed E-state index contributed by atoms with van der Waals surface area (Å²) in [6.45, 7) is 0.268. The molecule has 0 radical (unpaired) electrons. The Hall–Kier alpha value is -1.47. The van der Waals surface area contributed by atoms with Crippen LogP contribution in [0.15, 0.2) is 18.2 Å². The maximum atomic E-state index is 12.6. The Morgan fingerprint density at radius 3 is 2.60 bits per heavy atom. The highest BCUT2D eigenvalue weighted by molar-refractivity contribution is 5.94. The first kappa shape index (κ1) is 19.8. The van der Waals surface area contributed by atoms with Gasteiger partial charge in [0.1, 0.15) is 5.75 Å². The Morgan fingerprint density at radius 1 is 1.32 bits per heavy atom. The number of carbonyl (C=O) groups is 1. The van der Waals surface area contributed by atoms with Gasteiger partial charge in [0.15, 0.2) is 6.61 Å². The molecule has 4 atom stereocenters. The molecule has 25 heavy (non-hydrogen) atoms. The van der Waals surface area contributed by atoms with Gasteiger partial charge in [0, 0.05) is 17.3 Å². The van der Waals surface area contributed by atoms with Gasteiger partial charge in [-0.15, -0.1) is 12.4 Å². The number of hydrogen-bond acceptors (Lipinski definition) is 3. The molecule has 140 valence electrons. The van der Waals surface area contributed by atoms with Crippen molar-refractivity contribution in [2.45, 2.75) is 38.4 Å². The van der Waals surface area contributed by atoms with Crippen LogP contribution >= 0.6 is 12.4 Å². The third-order valence-corrected chi connectivity index (χ3v) is 5.22. The van der Waals surface area contributed by atoms with E-state index in [1.54, 1.807) is 19.1 Å². The maximum absolute atomic E-state index is 12.6. The number of hydrogen-bond donors (Lipinski definition) is 2. The minimum Gasteiger partial charge on any atom is -0.484 e. The van der Waals surface area contributed by atoms with Crippen LogP contribution in [0.4, 0.5) is 18.9 Å². The Kier molecular flexibility index (Phi) is 5.89. The number of rotatable bonds is 4. The minimum atomic E-state index is -4.40. The monoisotopic (exact) mass is 378 g/mol. The topological polar surface area (TPSA) is 64.4 Å². The van der Waals surface area contributed by atoms with Crippen molar-refractivity contribution >= 4 is 24.0 Å². The molecule has 2 saturated carbocycles. The van der Waals surface area contributed by atoms with E-state index in [1.165, 1.54) is 6.07 Å². The van der Waals surface area contributed by atoms with E-state index in [1.807, 2.05) is 0 Å². The quantitative estimate of drug-likeness (QED) is 0.840. The molecule has 1 aromatic carbocycles. The van der Waals surface area contributed by atoms with Crippen molar-refractivity contribution in [1.29, 1.82) is 0 Å². The molecule has 4 unspecified atom stereocenters. The van der Waals surface area contributed by atoms with E-state index in [4.69, 9.17) is 10.5 Å². The van der Waals surface area contributed by atoms with Crippen LogP contribution in [0, 0.1) is 24.7 Å². The number of fused-ring (bicyclic) bond motifs is 2. The smallest absolute Gasteiger partial charge is 0.422 e. The molecule has 2 bridgehead atoms. The summed E-state index contributed by atoms with van der Waals surface area (Å²) in [6.07, 6.45) is -1.31. The van der Waals surface area contributed by atoms with Gasteiger partial charge >= 0.3 is 6.18 Å². The molecule has 0 saturated heterocycles. The first-order valence-corrected chi connectivity index (χ1v) is 8.12. The second-order valence-corrected chi connectivity index (χ2v) is 6.76. The zero-order valence-electron chi connectivity index (χ0n) is 13.8. The molecular formula is C17H22ClF3N2O2. The summed E-state index contributed by atoms with van der Waals surface area (Å²) in [5.74, 6) is 0.472. The number of alkyl halides is 3. The predicted octanol–water partition coefficient (Wildman–Crippen LogP) is 3.67. The lowest BCUT2D eigenvalue weighted by Crippen LogP contribution is -2.42. The average molecular weight is 379 g/mol. The first-order valence-electron chi connectivity index (χ1n) is 8.12. The van der Waals surface area contributed by atoms with Crippen molar-refractivity contribution in [3.8, 4) is 5.75 Å². The number of benzene rings is 1. The Labute approximate surface area is 150 Å².